The van der Waals surface area contributed by atoms with Crippen LogP contribution in [0.3, 0.4) is 0 Å². The number of methoxy groups -OCH3 is 1. The molecule has 0 N–H and O–H groups in total. The van der Waals surface area contributed by atoms with E-state index in [4.69, 9.17) is 14.2 Å². The lowest BCUT2D eigenvalue weighted by Gasteiger charge is -2.24. The van der Waals surface area contributed by atoms with E-state index in [9.17, 15) is 9.59 Å². The molecule has 2 aliphatic heterocycles. The van der Waals surface area contributed by atoms with Gasteiger partial charge in [-0.25, -0.2) is 4.79 Å². The predicted octanol–water partition coefficient (Wildman–Crippen LogP) is 2.98. The van der Waals surface area contributed by atoms with Crippen LogP contribution in [-0.4, -0.2) is 31.5 Å². The third-order valence-corrected chi connectivity index (χ3v) is 5.33. The van der Waals surface area contributed by atoms with Gasteiger partial charge in [0.05, 0.1) is 18.4 Å². The fraction of sp³-hybridized carbons (Fsp3) is 0.222. The summed E-state index contributed by atoms with van der Waals surface area (Å²) >= 11 is 1.56. The normalized spacial score (nSPS) is 18.5. The van der Waals surface area contributed by atoms with Gasteiger partial charge in [-0.15, -0.1) is 11.8 Å². The van der Waals surface area contributed by atoms with E-state index < -0.39 is 5.97 Å². The summed E-state index contributed by atoms with van der Waals surface area (Å²) in [5.41, 5.74) is 2.16. The van der Waals surface area contributed by atoms with E-state index in [1.807, 2.05) is 18.2 Å². The highest BCUT2D eigenvalue weighted by molar-refractivity contribution is 8.00. The summed E-state index contributed by atoms with van der Waals surface area (Å²) in [5.74, 6) is 1.43. The van der Waals surface area contributed by atoms with Crippen molar-refractivity contribution < 1.29 is 23.8 Å². The second kappa shape index (κ2) is 6.33. The standard InChI is InChI=1S/C18H15NO5S/c1-22-18(21)11-2-5-13(6-3-11)19-16(20)9-25-17(19)12-4-7-14-15(8-12)24-10-23-14/h2-8,17H,9-10H2,1H3. The highest BCUT2D eigenvalue weighted by atomic mass is 32.2. The highest BCUT2D eigenvalue weighted by Crippen LogP contribution is 2.44. The van der Waals surface area contributed by atoms with Gasteiger partial charge in [-0.1, -0.05) is 6.07 Å². The van der Waals surface area contributed by atoms with E-state index in [1.165, 1.54) is 7.11 Å². The SMILES string of the molecule is COC(=O)c1ccc(N2C(=O)CSC2c2ccc3c(c2)OCO3)cc1. The zero-order valence-electron chi connectivity index (χ0n) is 13.4. The number of esters is 1. The van der Waals surface area contributed by atoms with Gasteiger partial charge in [0.15, 0.2) is 11.5 Å². The molecule has 0 bridgehead atoms. The molecule has 7 heteroatoms. The van der Waals surface area contributed by atoms with Gasteiger partial charge in [-0.2, -0.15) is 0 Å². The van der Waals surface area contributed by atoms with E-state index >= 15 is 0 Å². The first kappa shape index (κ1) is 15.8. The number of carbonyl (C=O) groups is 2. The maximum absolute atomic E-state index is 12.4. The monoisotopic (exact) mass is 357 g/mol. The van der Waals surface area contributed by atoms with Crippen molar-refractivity contribution in [1.82, 2.24) is 0 Å². The fourth-order valence-corrected chi connectivity index (χ4v) is 4.06. The van der Waals surface area contributed by atoms with Crippen molar-refractivity contribution in [2.24, 2.45) is 0 Å². The number of hydrogen-bond acceptors (Lipinski definition) is 6. The number of thioether (sulfide) groups is 1. The molecule has 0 spiro atoms. The van der Waals surface area contributed by atoms with Gasteiger partial charge in [-0.3, -0.25) is 9.69 Å². The van der Waals surface area contributed by atoms with Gasteiger partial charge in [0, 0.05) is 5.69 Å². The van der Waals surface area contributed by atoms with Gasteiger partial charge < -0.3 is 14.2 Å². The second-order valence-corrected chi connectivity index (χ2v) is 6.65. The molecule has 0 aromatic heterocycles. The van der Waals surface area contributed by atoms with Gasteiger partial charge >= 0.3 is 5.97 Å². The third kappa shape index (κ3) is 2.80. The van der Waals surface area contributed by atoms with E-state index in [2.05, 4.69) is 0 Å². The van der Waals surface area contributed by atoms with Gasteiger partial charge in [0.1, 0.15) is 5.37 Å². The lowest BCUT2D eigenvalue weighted by molar-refractivity contribution is -0.115. The first-order chi connectivity index (χ1) is 12.2. The molecule has 4 rings (SSSR count). The van der Waals surface area contributed by atoms with Gasteiger partial charge in [0.25, 0.3) is 0 Å². The lowest BCUT2D eigenvalue weighted by Crippen LogP contribution is -2.27. The summed E-state index contributed by atoms with van der Waals surface area (Å²) in [6, 6.07) is 12.6. The first-order valence-electron chi connectivity index (χ1n) is 7.69. The molecule has 6 nitrogen and oxygen atoms in total. The summed E-state index contributed by atoms with van der Waals surface area (Å²) in [6.45, 7) is 0.216. The van der Waals surface area contributed by atoms with Crippen molar-refractivity contribution in [1.29, 1.82) is 0 Å². The smallest absolute Gasteiger partial charge is 0.337 e. The molecule has 0 radical (unpaired) electrons. The summed E-state index contributed by atoms with van der Waals surface area (Å²) < 4.78 is 15.5. The van der Waals surface area contributed by atoms with Crippen LogP contribution < -0.4 is 14.4 Å². The number of fused-ring (bicyclic) bond motifs is 1. The van der Waals surface area contributed by atoms with E-state index in [-0.39, 0.29) is 18.1 Å². The van der Waals surface area contributed by atoms with Gasteiger partial charge in [-0.05, 0) is 42.0 Å². The van der Waals surface area contributed by atoms with E-state index in [0.717, 1.165) is 11.3 Å². The Hall–Kier alpha value is -2.67. The van der Waals surface area contributed by atoms with Crippen molar-refractivity contribution in [2.75, 3.05) is 24.6 Å². The summed E-state index contributed by atoms with van der Waals surface area (Å²) in [7, 11) is 1.34. The number of hydrogen-bond donors (Lipinski definition) is 0. The topological polar surface area (TPSA) is 65.1 Å². The molecule has 0 saturated carbocycles. The Bertz CT molecular complexity index is 836. The molecule has 128 valence electrons. The summed E-state index contributed by atoms with van der Waals surface area (Å²) in [4.78, 5) is 25.7. The Balaban J connectivity index is 1.65. The van der Waals surface area contributed by atoms with Crippen LogP contribution >= 0.6 is 11.8 Å². The Kier molecular flexibility index (Phi) is 4.01. The van der Waals surface area contributed by atoms with Crippen LogP contribution in [0.2, 0.25) is 0 Å². The van der Waals surface area contributed by atoms with Crippen LogP contribution in [0, 0.1) is 0 Å². The van der Waals surface area contributed by atoms with Crippen molar-refractivity contribution in [2.45, 2.75) is 5.37 Å². The maximum Gasteiger partial charge on any atom is 0.337 e. The van der Waals surface area contributed by atoms with Crippen LogP contribution in [0.5, 0.6) is 11.5 Å². The number of nitrogens with zero attached hydrogens (tertiary/aromatic N) is 1. The fourth-order valence-electron chi connectivity index (χ4n) is 2.89. The molecule has 2 heterocycles. The lowest BCUT2D eigenvalue weighted by atomic mass is 10.1. The average Bonchev–Trinajstić information content (AvgIpc) is 3.26. The Morgan fingerprint density at radius 1 is 1.16 bits per heavy atom. The molecule has 1 atom stereocenters. The molecule has 2 aromatic carbocycles. The largest absolute Gasteiger partial charge is 0.465 e. The van der Waals surface area contributed by atoms with Crippen molar-refractivity contribution in [3.05, 3.63) is 53.6 Å². The van der Waals surface area contributed by atoms with E-state index in [0.29, 0.717) is 22.8 Å². The molecule has 1 unspecified atom stereocenters. The minimum atomic E-state index is -0.402. The average molecular weight is 357 g/mol. The second-order valence-electron chi connectivity index (χ2n) is 5.58. The van der Waals surface area contributed by atoms with Crippen molar-refractivity contribution in [3.63, 3.8) is 0 Å². The molecular weight excluding hydrogens is 342 g/mol. The summed E-state index contributed by atoms with van der Waals surface area (Å²) in [5, 5.41) is -0.147. The number of amides is 1. The molecular formula is C18H15NO5S. The van der Waals surface area contributed by atoms with Crippen molar-refractivity contribution in [3.8, 4) is 11.5 Å². The predicted molar refractivity (Wildman–Crippen MR) is 93.0 cm³/mol. The zero-order valence-corrected chi connectivity index (χ0v) is 14.2. The maximum atomic E-state index is 12.4. The van der Waals surface area contributed by atoms with Crippen LogP contribution in [0.25, 0.3) is 0 Å². The van der Waals surface area contributed by atoms with Crippen LogP contribution in [0.4, 0.5) is 5.69 Å². The molecule has 1 amide bonds. The quantitative estimate of drug-likeness (QED) is 0.787. The highest BCUT2D eigenvalue weighted by Gasteiger charge is 2.35. The number of ether oxygens (including phenoxy) is 3. The first-order valence-corrected chi connectivity index (χ1v) is 8.74. The number of benzene rings is 2. The Labute approximate surface area is 148 Å². The van der Waals surface area contributed by atoms with Crippen LogP contribution in [-0.2, 0) is 9.53 Å². The Morgan fingerprint density at radius 2 is 1.92 bits per heavy atom. The molecule has 1 fully saturated rings. The number of carbonyl (C=O) groups excluding carboxylic acids is 2. The minimum Gasteiger partial charge on any atom is -0.465 e. The number of anilines is 1. The Morgan fingerprint density at radius 3 is 2.68 bits per heavy atom. The van der Waals surface area contributed by atoms with E-state index in [1.54, 1.807) is 40.9 Å². The molecule has 25 heavy (non-hydrogen) atoms. The van der Waals surface area contributed by atoms with Crippen LogP contribution in [0.1, 0.15) is 21.3 Å². The number of rotatable bonds is 3. The molecule has 2 aromatic rings. The molecule has 1 saturated heterocycles. The third-order valence-electron chi connectivity index (χ3n) is 4.12. The van der Waals surface area contributed by atoms with Crippen LogP contribution in [0.15, 0.2) is 42.5 Å². The minimum absolute atomic E-state index is 0.0264. The molecule has 2 aliphatic rings. The molecule has 0 aliphatic carbocycles. The summed E-state index contributed by atoms with van der Waals surface area (Å²) in [6.07, 6.45) is 0. The zero-order chi connectivity index (χ0) is 17.4. The van der Waals surface area contributed by atoms with Gasteiger partial charge in [0.2, 0.25) is 12.7 Å². The van der Waals surface area contributed by atoms with Crippen molar-refractivity contribution >= 4 is 29.3 Å².